The molecule has 9 nitrogen and oxygen atoms in total. The number of amides is 1. The maximum absolute atomic E-state index is 13.1. The van der Waals surface area contributed by atoms with Crippen molar-refractivity contribution >= 4 is 33.3 Å². The predicted molar refractivity (Wildman–Crippen MR) is 148 cm³/mol. The highest BCUT2D eigenvalue weighted by molar-refractivity contribution is 7.89. The van der Waals surface area contributed by atoms with Gasteiger partial charge in [-0.1, -0.05) is 17.7 Å². The molecule has 0 fully saturated rings. The van der Waals surface area contributed by atoms with Gasteiger partial charge in [0, 0.05) is 40.0 Å². The number of benzene rings is 2. The Balaban J connectivity index is 1.91. The van der Waals surface area contributed by atoms with Crippen LogP contribution in [0, 0.1) is 13.8 Å². The fourth-order valence-electron chi connectivity index (χ4n) is 3.90. The molecule has 0 atom stereocenters. The van der Waals surface area contributed by atoms with Crippen LogP contribution in [-0.4, -0.2) is 89.2 Å². The van der Waals surface area contributed by atoms with Gasteiger partial charge in [-0.15, -0.1) is 0 Å². The van der Waals surface area contributed by atoms with Crippen molar-refractivity contribution in [1.29, 1.82) is 0 Å². The summed E-state index contributed by atoms with van der Waals surface area (Å²) in [6.45, 7) is 4.63. The molecule has 0 aliphatic heterocycles. The topological polar surface area (TPSA) is 96.5 Å². The molecule has 0 saturated heterocycles. The molecule has 0 aliphatic rings. The molecule has 0 heterocycles. The van der Waals surface area contributed by atoms with E-state index in [1.807, 2.05) is 25.1 Å². The van der Waals surface area contributed by atoms with E-state index in [1.54, 1.807) is 45.2 Å². The first-order valence-electron chi connectivity index (χ1n) is 12.2. The van der Waals surface area contributed by atoms with Crippen LogP contribution in [0.4, 0.5) is 0 Å². The minimum atomic E-state index is -3.90. The van der Waals surface area contributed by atoms with Crippen molar-refractivity contribution in [2.24, 2.45) is 0 Å². The molecule has 0 aromatic heterocycles. The first-order chi connectivity index (χ1) is 17.8. The number of aryl methyl sites for hydroxylation is 2. The van der Waals surface area contributed by atoms with E-state index in [9.17, 15) is 18.0 Å². The lowest BCUT2D eigenvalue weighted by Gasteiger charge is -2.21. The third-order valence-corrected chi connectivity index (χ3v) is 8.40. The Labute approximate surface area is 231 Å². The molecule has 38 heavy (non-hydrogen) atoms. The molecule has 0 saturated carbocycles. The molecular weight excluding hydrogens is 530 g/mol. The van der Waals surface area contributed by atoms with E-state index in [1.165, 1.54) is 19.1 Å². The fraction of sp³-hybridized carbons (Fsp3) is 0.481. The summed E-state index contributed by atoms with van der Waals surface area (Å²) in [7, 11) is 4.54. The van der Waals surface area contributed by atoms with Crippen LogP contribution in [0.3, 0.4) is 0 Å². The highest BCUT2D eigenvalue weighted by atomic mass is 35.5. The zero-order valence-electron chi connectivity index (χ0n) is 23.2. The summed E-state index contributed by atoms with van der Waals surface area (Å²) in [4.78, 5) is 28.9. The van der Waals surface area contributed by atoms with Crippen molar-refractivity contribution < 1.29 is 27.5 Å². The van der Waals surface area contributed by atoms with Crippen LogP contribution in [0.25, 0.3) is 0 Å². The maximum Gasteiger partial charge on any atom is 0.243 e. The average molecular weight is 568 g/mol. The Bertz CT molecular complexity index is 1230. The Morgan fingerprint density at radius 3 is 2.16 bits per heavy atom. The SMILES string of the molecule is COc1cc(C)c(S(=O)(=O)N(C)CC(=O)CCC(=O)N(C)Cc2ccc(OCCN(C)C)c(Cl)c2)c(C)c1. The molecule has 0 radical (unpaired) electrons. The first kappa shape index (κ1) is 31.6. The number of sulfonamides is 1. The largest absolute Gasteiger partial charge is 0.497 e. The summed E-state index contributed by atoms with van der Waals surface area (Å²) >= 11 is 6.33. The summed E-state index contributed by atoms with van der Waals surface area (Å²) < 4.78 is 38.2. The minimum absolute atomic E-state index is 0.0245. The van der Waals surface area contributed by atoms with Crippen molar-refractivity contribution in [2.75, 3.05) is 55.0 Å². The molecule has 0 unspecified atom stereocenters. The standard InChI is InChI=1S/C27H38ClN3O6S/c1-19-14-23(36-7)15-20(2)27(19)38(34,35)31(6)18-22(32)9-11-26(33)30(5)17-21-8-10-25(24(28)16-21)37-13-12-29(3)4/h8,10,14-16H,9,11-13,17-18H2,1-7H3. The van der Waals surface area contributed by atoms with Gasteiger partial charge in [-0.05, 0) is 68.9 Å². The average Bonchev–Trinajstić information content (AvgIpc) is 2.82. The Kier molecular flexibility index (Phi) is 11.6. The van der Waals surface area contributed by atoms with E-state index >= 15 is 0 Å². The first-order valence-corrected chi connectivity index (χ1v) is 14.0. The van der Waals surface area contributed by atoms with Crippen LogP contribution in [0.1, 0.15) is 29.5 Å². The molecule has 0 spiro atoms. The third kappa shape index (κ3) is 8.69. The van der Waals surface area contributed by atoms with Gasteiger partial charge in [-0.3, -0.25) is 9.59 Å². The van der Waals surface area contributed by atoms with Gasteiger partial charge in [0.15, 0.2) is 0 Å². The zero-order chi connectivity index (χ0) is 28.6. The number of carbonyl (C=O) groups is 2. The highest BCUT2D eigenvalue weighted by Gasteiger charge is 2.27. The lowest BCUT2D eigenvalue weighted by Crippen LogP contribution is -2.34. The van der Waals surface area contributed by atoms with Gasteiger partial charge in [0.05, 0.1) is 23.6 Å². The van der Waals surface area contributed by atoms with Crippen molar-refractivity contribution in [1.82, 2.24) is 14.1 Å². The number of ether oxygens (including phenoxy) is 2. The van der Waals surface area contributed by atoms with Crippen molar-refractivity contribution in [2.45, 2.75) is 38.1 Å². The van der Waals surface area contributed by atoms with Gasteiger partial charge in [0.25, 0.3) is 0 Å². The quantitative estimate of drug-likeness (QED) is 0.344. The summed E-state index contributed by atoms with van der Waals surface area (Å²) in [6.07, 6.45) is -0.0910. The molecular formula is C27H38ClN3O6S. The molecule has 11 heteroatoms. The molecule has 210 valence electrons. The second-order valence-corrected chi connectivity index (χ2v) is 11.9. The number of methoxy groups -OCH3 is 1. The summed E-state index contributed by atoms with van der Waals surface area (Å²) in [5, 5.41) is 0.462. The van der Waals surface area contributed by atoms with E-state index in [0.717, 1.165) is 16.4 Å². The number of likely N-dealkylation sites (N-methyl/N-ethyl adjacent to an activating group) is 2. The van der Waals surface area contributed by atoms with E-state index < -0.39 is 10.0 Å². The van der Waals surface area contributed by atoms with E-state index in [-0.39, 0.29) is 36.0 Å². The van der Waals surface area contributed by atoms with Crippen LogP contribution in [0.15, 0.2) is 35.2 Å². The van der Waals surface area contributed by atoms with Crippen molar-refractivity contribution in [3.05, 3.63) is 52.0 Å². The molecule has 1 amide bonds. The maximum atomic E-state index is 13.1. The molecule has 2 aromatic rings. The molecule has 0 N–H and O–H groups in total. The summed E-state index contributed by atoms with van der Waals surface area (Å²) in [6, 6.07) is 8.66. The van der Waals surface area contributed by atoms with E-state index in [0.29, 0.717) is 40.8 Å². The number of nitrogens with zero attached hydrogens (tertiary/aromatic N) is 3. The predicted octanol–water partition coefficient (Wildman–Crippen LogP) is 3.53. The monoisotopic (exact) mass is 567 g/mol. The Morgan fingerprint density at radius 2 is 1.61 bits per heavy atom. The molecule has 2 rings (SSSR count). The van der Waals surface area contributed by atoms with Crippen LogP contribution >= 0.6 is 11.6 Å². The van der Waals surface area contributed by atoms with Gasteiger partial charge in [0.2, 0.25) is 15.9 Å². The minimum Gasteiger partial charge on any atom is -0.497 e. The second-order valence-electron chi connectivity index (χ2n) is 9.56. The van der Waals surface area contributed by atoms with Gasteiger partial charge >= 0.3 is 0 Å². The number of ketones is 1. The van der Waals surface area contributed by atoms with Crippen LogP contribution in [0.2, 0.25) is 5.02 Å². The van der Waals surface area contributed by atoms with Gasteiger partial charge in [0.1, 0.15) is 23.9 Å². The van der Waals surface area contributed by atoms with E-state index in [4.69, 9.17) is 21.1 Å². The zero-order valence-corrected chi connectivity index (χ0v) is 24.8. The van der Waals surface area contributed by atoms with Crippen LogP contribution in [0.5, 0.6) is 11.5 Å². The van der Waals surface area contributed by atoms with Gasteiger partial charge in [-0.25, -0.2) is 8.42 Å². The Hall–Kier alpha value is -2.66. The van der Waals surface area contributed by atoms with Gasteiger partial charge < -0.3 is 19.3 Å². The number of hydrogen-bond acceptors (Lipinski definition) is 7. The van der Waals surface area contributed by atoms with Gasteiger partial charge in [-0.2, -0.15) is 4.31 Å². The molecule has 0 bridgehead atoms. The number of rotatable bonds is 14. The lowest BCUT2D eigenvalue weighted by molar-refractivity contribution is -0.132. The van der Waals surface area contributed by atoms with Crippen molar-refractivity contribution in [3.8, 4) is 11.5 Å². The fourth-order valence-corrected chi connectivity index (χ4v) is 5.72. The normalized spacial score (nSPS) is 11.6. The summed E-state index contributed by atoms with van der Waals surface area (Å²) in [5.74, 6) is 0.569. The molecule has 2 aromatic carbocycles. The third-order valence-electron chi connectivity index (χ3n) is 5.99. The smallest absolute Gasteiger partial charge is 0.243 e. The number of carbonyl (C=O) groups excluding carboxylic acids is 2. The lowest BCUT2D eigenvalue weighted by atomic mass is 10.1. The second kappa shape index (κ2) is 13.9. The summed E-state index contributed by atoms with van der Waals surface area (Å²) in [5.41, 5.74) is 1.89. The Morgan fingerprint density at radius 1 is 0.974 bits per heavy atom. The highest BCUT2D eigenvalue weighted by Crippen LogP contribution is 2.28. The van der Waals surface area contributed by atoms with Crippen LogP contribution < -0.4 is 9.47 Å². The molecule has 0 aliphatic carbocycles. The number of Topliss-reactive ketones (excluding diaryl/α,β-unsaturated/α-hetero) is 1. The van der Waals surface area contributed by atoms with Crippen LogP contribution in [-0.2, 0) is 26.2 Å². The van der Waals surface area contributed by atoms with Crippen molar-refractivity contribution in [3.63, 3.8) is 0 Å². The number of hydrogen-bond donors (Lipinski definition) is 0. The van der Waals surface area contributed by atoms with E-state index in [2.05, 4.69) is 0 Å². The number of halogens is 1.